The summed E-state index contributed by atoms with van der Waals surface area (Å²) in [6.07, 6.45) is 8.35. The largest absolute Gasteiger partial charge is 0.496 e. The minimum absolute atomic E-state index is 0.0452. The summed E-state index contributed by atoms with van der Waals surface area (Å²) in [6.45, 7) is 2.41. The van der Waals surface area contributed by atoms with E-state index in [1.165, 1.54) is 4.90 Å². The van der Waals surface area contributed by atoms with Crippen molar-refractivity contribution in [1.82, 2.24) is 15.2 Å². The van der Waals surface area contributed by atoms with Crippen LogP contribution >= 0.6 is 0 Å². The molecule has 1 saturated heterocycles. The van der Waals surface area contributed by atoms with Crippen molar-refractivity contribution in [3.63, 3.8) is 0 Å². The number of pyridine rings is 1. The molecule has 3 N–H and O–H groups in total. The molecule has 2 aliphatic heterocycles. The van der Waals surface area contributed by atoms with Crippen LogP contribution in [0.25, 0.3) is 28.2 Å². The van der Waals surface area contributed by atoms with E-state index in [9.17, 15) is 14.4 Å². The van der Waals surface area contributed by atoms with Gasteiger partial charge in [0.1, 0.15) is 29.7 Å². The van der Waals surface area contributed by atoms with Crippen LogP contribution in [0.5, 0.6) is 11.5 Å². The van der Waals surface area contributed by atoms with Crippen molar-refractivity contribution >= 4 is 34.9 Å². The smallest absolute Gasteiger partial charge is 0.407 e. The van der Waals surface area contributed by atoms with Crippen molar-refractivity contribution in [3.05, 3.63) is 60.2 Å². The van der Waals surface area contributed by atoms with Gasteiger partial charge in [-0.05, 0) is 43.6 Å². The molecule has 3 heterocycles. The minimum atomic E-state index is -0.870. The number of alkyl carbamates (subject to hydrolysis) is 1. The lowest BCUT2D eigenvalue weighted by atomic mass is 9.96. The number of amides is 3. The van der Waals surface area contributed by atoms with Crippen LogP contribution in [0.2, 0.25) is 0 Å². The van der Waals surface area contributed by atoms with E-state index in [4.69, 9.17) is 24.9 Å². The average Bonchev–Trinajstić information content (AvgIpc) is 3.75. The molecule has 4 atom stereocenters. The third-order valence-electron chi connectivity index (χ3n) is 9.39. The highest BCUT2D eigenvalue weighted by Crippen LogP contribution is 2.37. The Morgan fingerprint density at radius 2 is 1.87 bits per heavy atom. The number of fused-ring (bicyclic) bond motifs is 3. The number of benzene rings is 2. The molecule has 0 spiro atoms. The van der Waals surface area contributed by atoms with Crippen molar-refractivity contribution in [2.45, 2.75) is 70.1 Å². The van der Waals surface area contributed by atoms with E-state index in [0.717, 1.165) is 60.7 Å². The zero-order valence-electron chi connectivity index (χ0n) is 26.4. The van der Waals surface area contributed by atoms with Gasteiger partial charge in [-0.3, -0.25) is 9.59 Å². The van der Waals surface area contributed by atoms with E-state index < -0.39 is 30.2 Å². The van der Waals surface area contributed by atoms with Crippen molar-refractivity contribution in [1.29, 1.82) is 0 Å². The number of nitrogens with one attached hydrogen (secondary N) is 1. The van der Waals surface area contributed by atoms with Gasteiger partial charge >= 0.3 is 6.09 Å². The van der Waals surface area contributed by atoms with Gasteiger partial charge in [-0.1, -0.05) is 62.2 Å². The Balaban J connectivity index is 1.43. The summed E-state index contributed by atoms with van der Waals surface area (Å²) in [6, 6.07) is 14.0. The monoisotopic (exact) mass is 626 g/mol. The van der Waals surface area contributed by atoms with Crippen molar-refractivity contribution in [2.24, 2.45) is 17.6 Å². The maximum atomic E-state index is 14.2. The number of aromatic nitrogens is 1. The standard InChI is InChI=1S/C36H42N4O6/c1-22-10-6-7-15-25-16-27-29(19-31(25)44-2)38-28(23-11-4-3-5-12-23)18-32(27)46-26-17-30(34(37)41)40(20-26)35(42)33(24-13-8-9-14-24)39-36(43)45-21-22/h3-5,7,11-12,15-16,18-19,22,24,26,30,33H,6,8-10,13-14,17,20-21H2,1-2H3,(H2,37,41)(H,39,43)/b15-7+/t22?,26-,30+,33+/m1/s1. The molecule has 1 unspecified atom stereocenters. The van der Waals surface area contributed by atoms with Crippen LogP contribution in [0.4, 0.5) is 4.79 Å². The summed E-state index contributed by atoms with van der Waals surface area (Å²) in [7, 11) is 1.63. The van der Waals surface area contributed by atoms with Gasteiger partial charge in [-0.25, -0.2) is 9.78 Å². The zero-order chi connectivity index (χ0) is 32.2. The number of carbonyl (C=O) groups is 3. The molecular weight excluding hydrogens is 584 g/mol. The van der Waals surface area contributed by atoms with Crippen LogP contribution in [0.15, 0.2) is 54.6 Å². The van der Waals surface area contributed by atoms with Crippen LogP contribution in [0.1, 0.15) is 57.4 Å². The number of ether oxygens (including phenoxy) is 3. The van der Waals surface area contributed by atoms with E-state index in [-0.39, 0.29) is 37.3 Å². The molecule has 2 fully saturated rings. The Morgan fingerprint density at radius 3 is 2.61 bits per heavy atom. The van der Waals surface area contributed by atoms with E-state index >= 15 is 0 Å². The molecule has 10 nitrogen and oxygen atoms in total. The second-order valence-electron chi connectivity index (χ2n) is 12.7. The summed E-state index contributed by atoms with van der Waals surface area (Å²) in [4.78, 5) is 46.3. The lowest BCUT2D eigenvalue weighted by molar-refractivity contribution is -0.140. The van der Waals surface area contributed by atoms with Crippen LogP contribution < -0.4 is 20.5 Å². The van der Waals surface area contributed by atoms with Gasteiger partial charge in [0.25, 0.3) is 0 Å². The molecule has 1 saturated carbocycles. The molecule has 10 heteroatoms. The number of cyclic esters (lactones) is 1. The number of methoxy groups -OCH3 is 1. The number of hydrogen-bond acceptors (Lipinski definition) is 7. The normalized spacial score (nSPS) is 25.2. The van der Waals surface area contributed by atoms with Crippen LogP contribution in [0, 0.1) is 11.8 Å². The molecule has 4 bridgehead atoms. The molecule has 2 aromatic carbocycles. The molecule has 0 radical (unpaired) electrons. The lowest BCUT2D eigenvalue weighted by Gasteiger charge is -2.30. The highest BCUT2D eigenvalue weighted by Gasteiger charge is 2.44. The van der Waals surface area contributed by atoms with E-state index in [0.29, 0.717) is 17.0 Å². The number of nitrogens with zero attached hydrogens (tertiary/aromatic N) is 2. The van der Waals surface area contributed by atoms with Gasteiger partial charge in [0, 0.05) is 35.1 Å². The molecule has 3 amide bonds. The Bertz CT molecular complexity index is 1620. The highest BCUT2D eigenvalue weighted by molar-refractivity contribution is 5.93. The molecule has 46 heavy (non-hydrogen) atoms. The maximum absolute atomic E-state index is 14.2. The lowest BCUT2D eigenvalue weighted by Crippen LogP contribution is -2.55. The fraction of sp³-hybridized carbons (Fsp3) is 0.444. The quantitative estimate of drug-likeness (QED) is 0.392. The number of primary amides is 1. The fourth-order valence-corrected chi connectivity index (χ4v) is 6.89. The first-order valence-corrected chi connectivity index (χ1v) is 16.2. The highest BCUT2D eigenvalue weighted by atomic mass is 16.5. The Morgan fingerprint density at radius 1 is 1.09 bits per heavy atom. The molecule has 6 rings (SSSR count). The van der Waals surface area contributed by atoms with Gasteiger partial charge in [-0.15, -0.1) is 0 Å². The van der Waals surface area contributed by atoms with Gasteiger partial charge in [0.15, 0.2) is 0 Å². The summed E-state index contributed by atoms with van der Waals surface area (Å²) in [5.41, 5.74) is 9.08. The fourth-order valence-electron chi connectivity index (χ4n) is 6.89. The van der Waals surface area contributed by atoms with Crippen molar-refractivity contribution in [3.8, 4) is 22.8 Å². The van der Waals surface area contributed by atoms with E-state index in [1.54, 1.807) is 7.11 Å². The molecule has 1 aliphatic carbocycles. The molecule has 242 valence electrons. The maximum Gasteiger partial charge on any atom is 0.407 e. The second kappa shape index (κ2) is 13.8. The third kappa shape index (κ3) is 6.80. The zero-order valence-corrected chi connectivity index (χ0v) is 26.4. The first-order chi connectivity index (χ1) is 22.3. The van der Waals surface area contributed by atoms with Gasteiger partial charge < -0.3 is 30.2 Å². The molecule has 3 aliphatic rings. The summed E-state index contributed by atoms with van der Waals surface area (Å²) >= 11 is 0. The van der Waals surface area contributed by atoms with Gasteiger partial charge in [0.2, 0.25) is 11.8 Å². The Labute approximate surface area is 269 Å². The topological polar surface area (TPSA) is 133 Å². The predicted molar refractivity (Wildman–Crippen MR) is 175 cm³/mol. The van der Waals surface area contributed by atoms with Crippen LogP contribution in [-0.4, -0.2) is 66.2 Å². The Kier molecular flexibility index (Phi) is 9.42. The SMILES string of the molecule is COc1cc2nc(-c3ccccc3)cc3c2cc1/C=C/CCC(C)COC(=O)N[C@@H](C1CCCC1)C(=O)N1C[C@@H](C[C@H]1C(N)=O)O3. The first-order valence-electron chi connectivity index (χ1n) is 16.2. The van der Waals surface area contributed by atoms with Crippen molar-refractivity contribution in [2.75, 3.05) is 20.3 Å². The number of nitrogens with two attached hydrogens (primary N) is 1. The van der Waals surface area contributed by atoms with Crippen LogP contribution in [-0.2, 0) is 14.3 Å². The Hall–Kier alpha value is -4.60. The number of allylic oxidation sites excluding steroid dienone is 1. The molecule has 3 aromatic rings. The summed E-state index contributed by atoms with van der Waals surface area (Å²) in [5, 5.41) is 3.65. The first kappa shape index (κ1) is 31.4. The molecular formula is C36H42N4O6. The second-order valence-corrected chi connectivity index (χ2v) is 12.7. The van der Waals surface area contributed by atoms with Crippen molar-refractivity contribution < 1.29 is 28.6 Å². The van der Waals surface area contributed by atoms with E-state index in [2.05, 4.69) is 11.4 Å². The number of carbonyl (C=O) groups excluding carboxylic acids is 3. The van der Waals surface area contributed by atoms with Crippen LogP contribution in [0.3, 0.4) is 0 Å². The van der Waals surface area contributed by atoms with Gasteiger partial charge in [-0.2, -0.15) is 0 Å². The minimum Gasteiger partial charge on any atom is -0.496 e. The number of rotatable bonds is 4. The molecule has 1 aromatic heterocycles. The summed E-state index contributed by atoms with van der Waals surface area (Å²) < 4.78 is 18.0. The van der Waals surface area contributed by atoms with Gasteiger partial charge in [0.05, 0.1) is 31.5 Å². The number of hydrogen-bond donors (Lipinski definition) is 2. The van der Waals surface area contributed by atoms with E-state index in [1.807, 2.05) is 61.5 Å². The third-order valence-corrected chi connectivity index (χ3v) is 9.39. The average molecular weight is 627 g/mol. The summed E-state index contributed by atoms with van der Waals surface area (Å²) in [5.74, 6) is 0.391. The predicted octanol–water partition coefficient (Wildman–Crippen LogP) is 5.47.